The van der Waals surface area contributed by atoms with Gasteiger partial charge in [0.1, 0.15) is 5.82 Å². The monoisotopic (exact) mass is 286 g/mol. The van der Waals surface area contributed by atoms with Crippen LogP contribution in [0.2, 0.25) is 0 Å². The van der Waals surface area contributed by atoms with Crippen molar-refractivity contribution in [1.82, 2.24) is 9.97 Å². The smallest absolute Gasteiger partial charge is 0.270 e. The molecule has 1 aliphatic rings. The lowest BCUT2D eigenvalue weighted by Crippen LogP contribution is -2.36. The lowest BCUT2D eigenvalue weighted by Gasteiger charge is -2.21. The van der Waals surface area contributed by atoms with Gasteiger partial charge in [-0.1, -0.05) is 12.1 Å². The summed E-state index contributed by atoms with van der Waals surface area (Å²) in [4.78, 5) is 18.3. The fraction of sp³-hybridized carbons (Fsp3) is 0.400. The van der Waals surface area contributed by atoms with Gasteiger partial charge in [0.2, 0.25) is 0 Å². The number of benzene rings is 1. The van der Waals surface area contributed by atoms with Crippen molar-refractivity contribution >= 4 is 5.69 Å². The molecule has 1 aromatic heterocycles. The van der Waals surface area contributed by atoms with E-state index in [1.807, 2.05) is 19.9 Å². The molecule has 1 fully saturated rings. The number of hydrogen-bond acceptors (Lipinski definition) is 4. The summed E-state index contributed by atoms with van der Waals surface area (Å²) >= 11 is 0. The van der Waals surface area contributed by atoms with Gasteiger partial charge >= 0.3 is 0 Å². The highest BCUT2D eigenvalue weighted by molar-refractivity contribution is 5.65. The van der Waals surface area contributed by atoms with Crippen molar-refractivity contribution in [3.8, 4) is 11.3 Å². The molecule has 1 atom stereocenters. The molecule has 1 aromatic carbocycles. The van der Waals surface area contributed by atoms with Crippen LogP contribution in [0.25, 0.3) is 11.3 Å². The molecule has 1 unspecified atom stereocenters. The van der Waals surface area contributed by atoms with Gasteiger partial charge in [-0.05, 0) is 32.6 Å². The molecule has 2 aromatic rings. The van der Waals surface area contributed by atoms with Crippen molar-refractivity contribution in [2.75, 3.05) is 0 Å². The van der Waals surface area contributed by atoms with Crippen LogP contribution < -0.4 is 5.73 Å². The predicted molar refractivity (Wildman–Crippen MR) is 79.7 cm³/mol. The van der Waals surface area contributed by atoms with Gasteiger partial charge in [0, 0.05) is 23.4 Å². The van der Waals surface area contributed by atoms with Crippen molar-refractivity contribution in [2.45, 2.75) is 32.2 Å². The number of nitrogens with two attached hydrogens (primary N) is 1. The molecule has 0 radical (unpaired) electrons. The predicted octanol–water partition coefficient (Wildman–Crippen LogP) is 2.88. The molecule has 6 nitrogen and oxygen atoms in total. The summed E-state index contributed by atoms with van der Waals surface area (Å²) in [6, 6.07) is 6.51. The number of nitro groups is 1. The Morgan fingerprint density at radius 1 is 1.48 bits per heavy atom. The summed E-state index contributed by atoms with van der Waals surface area (Å²) in [6.45, 7) is 3.90. The maximum atomic E-state index is 10.9. The molecule has 6 heteroatoms. The summed E-state index contributed by atoms with van der Waals surface area (Å²) in [6.07, 6.45) is 2.25. The van der Waals surface area contributed by atoms with Crippen LogP contribution in [0.3, 0.4) is 0 Å². The molecular formula is C15H18N4O2. The Balaban J connectivity index is 2.01. The Hall–Kier alpha value is -2.21. The van der Waals surface area contributed by atoms with Crippen molar-refractivity contribution in [2.24, 2.45) is 11.7 Å². The Morgan fingerprint density at radius 3 is 2.81 bits per heavy atom. The van der Waals surface area contributed by atoms with Gasteiger partial charge in [-0.2, -0.15) is 0 Å². The summed E-state index contributed by atoms with van der Waals surface area (Å²) in [5.41, 5.74) is 8.31. The van der Waals surface area contributed by atoms with E-state index in [2.05, 4.69) is 9.97 Å². The minimum Gasteiger partial charge on any atom is -0.344 e. The first-order valence-corrected chi connectivity index (χ1v) is 7.00. The van der Waals surface area contributed by atoms with Gasteiger partial charge in [-0.25, -0.2) is 4.98 Å². The van der Waals surface area contributed by atoms with Gasteiger partial charge in [0.05, 0.1) is 16.2 Å². The molecule has 0 spiro atoms. The van der Waals surface area contributed by atoms with E-state index in [4.69, 9.17) is 5.73 Å². The number of hydrogen-bond donors (Lipinski definition) is 2. The van der Waals surface area contributed by atoms with E-state index in [9.17, 15) is 10.1 Å². The lowest BCUT2D eigenvalue weighted by molar-refractivity contribution is -0.384. The van der Waals surface area contributed by atoms with Gasteiger partial charge in [-0.3, -0.25) is 10.1 Å². The van der Waals surface area contributed by atoms with Crippen LogP contribution >= 0.6 is 0 Å². The number of rotatable bonds is 4. The summed E-state index contributed by atoms with van der Waals surface area (Å²) in [5, 5.41) is 10.9. The molecular weight excluding hydrogens is 268 g/mol. The quantitative estimate of drug-likeness (QED) is 0.667. The average Bonchev–Trinajstić information content (AvgIpc) is 3.22. The molecule has 0 saturated heterocycles. The van der Waals surface area contributed by atoms with Crippen molar-refractivity contribution < 1.29 is 4.92 Å². The van der Waals surface area contributed by atoms with E-state index in [1.54, 1.807) is 6.07 Å². The molecule has 1 saturated carbocycles. The van der Waals surface area contributed by atoms with Gasteiger partial charge < -0.3 is 10.7 Å². The number of nitrogens with zero attached hydrogens (tertiary/aromatic N) is 2. The first-order valence-electron chi connectivity index (χ1n) is 7.00. The van der Waals surface area contributed by atoms with E-state index in [-0.39, 0.29) is 5.69 Å². The van der Waals surface area contributed by atoms with Crippen LogP contribution in [0.1, 0.15) is 31.3 Å². The van der Waals surface area contributed by atoms with E-state index >= 15 is 0 Å². The lowest BCUT2D eigenvalue weighted by atomic mass is 9.97. The van der Waals surface area contributed by atoms with Crippen molar-refractivity contribution in [3.05, 3.63) is 45.9 Å². The van der Waals surface area contributed by atoms with Crippen LogP contribution in [-0.4, -0.2) is 14.9 Å². The van der Waals surface area contributed by atoms with Gasteiger partial charge in [-0.15, -0.1) is 0 Å². The number of aromatic nitrogens is 2. The Morgan fingerprint density at radius 2 is 2.19 bits per heavy atom. The van der Waals surface area contributed by atoms with E-state index < -0.39 is 10.5 Å². The Bertz CT molecular complexity index is 701. The third kappa shape index (κ3) is 2.42. The van der Waals surface area contributed by atoms with E-state index in [0.717, 1.165) is 35.6 Å². The second-order valence-electron chi connectivity index (χ2n) is 5.92. The first-order chi connectivity index (χ1) is 9.89. The minimum atomic E-state index is -0.469. The second kappa shape index (κ2) is 4.66. The minimum absolute atomic E-state index is 0.0640. The van der Waals surface area contributed by atoms with Crippen molar-refractivity contribution in [3.63, 3.8) is 0 Å². The highest BCUT2D eigenvalue weighted by Crippen LogP contribution is 2.43. The second-order valence-corrected chi connectivity index (χ2v) is 5.92. The molecule has 3 N–H and O–H groups in total. The average molecular weight is 286 g/mol. The van der Waals surface area contributed by atoms with Gasteiger partial charge in [0.15, 0.2) is 0 Å². The van der Waals surface area contributed by atoms with Crippen LogP contribution in [0.5, 0.6) is 0 Å². The number of aromatic amines is 1. The molecule has 21 heavy (non-hydrogen) atoms. The largest absolute Gasteiger partial charge is 0.344 e. The maximum absolute atomic E-state index is 10.9. The molecule has 1 heterocycles. The van der Waals surface area contributed by atoms with Crippen molar-refractivity contribution in [1.29, 1.82) is 0 Å². The Labute approximate surface area is 122 Å². The summed E-state index contributed by atoms with van der Waals surface area (Å²) in [5.74, 6) is 1.21. The van der Waals surface area contributed by atoms with E-state index in [0.29, 0.717) is 5.92 Å². The number of aryl methyl sites for hydroxylation is 1. The number of nitro benzene ring substituents is 1. The van der Waals surface area contributed by atoms with E-state index in [1.165, 1.54) is 12.1 Å². The number of H-pyrrole nitrogens is 1. The molecule has 0 aliphatic heterocycles. The third-order valence-electron chi connectivity index (χ3n) is 4.15. The van der Waals surface area contributed by atoms with Gasteiger partial charge in [0.25, 0.3) is 5.69 Å². The normalized spacial score (nSPS) is 17.5. The molecule has 1 aliphatic carbocycles. The topological polar surface area (TPSA) is 97.8 Å². The zero-order valence-electron chi connectivity index (χ0n) is 12.1. The first kappa shape index (κ1) is 13.8. The highest BCUT2D eigenvalue weighted by Gasteiger charge is 2.42. The zero-order chi connectivity index (χ0) is 15.2. The van der Waals surface area contributed by atoms with Crippen LogP contribution in [0.4, 0.5) is 5.69 Å². The fourth-order valence-corrected chi connectivity index (χ4v) is 2.64. The SMILES string of the molecule is Cc1[nH]c(C(C)(N)C2CC2)nc1-c1cccc([N+](=O)[O-])c1. The molecule has 110 valence electrons. The standard InChI is InChI=1S/C15H18N4O2/c1-9-13(10-4-3-5-12(8-10)19(20)21)18-14(17-9)15(2,16)11-6-7-11/h3-5,8,11H,6-7,16H2,1-2H3,(H,17,18). The summed E-state index contributed by atoms with van der Waals surface area (Å²) in [7, 11) is 0. The summed E-state index contributed by atoms with van der Waals surface area (Å²) < 4.78 is 0. The maximum Gasteiger partial charge on any atom is 0.270 e. The fourth-order valence-electron chi connectivity index (χ4n) is 2.64. The number of imidazole rings is 1. The molecule has 3 rings (SSSR count). The number of non-ortho nitro benzene ring substituents is 1. The highest BCUT2D eigenvalue weighted by atomic mass is 16.6. The zero-order valence-corrected chi connectivity index (χ0v) is 12.1. The number of nitrogens with one attached hydrogen (secondary N) is 1. The molecule has 0 amide bonds. The van der Waals surface area contributed by atoms with Crippen LogP contribution in [0, 0.1) is 23.0 Å². The van der Waals surface area contributed by atoms with Crippen LogP contribution in [-0.2, 0) is 5.54 Å². The third-order valence-corrected chi connectivity index (χ3v) is 4.15. The Kier molecular flexibility index (Phi) is 3.06. The molecule has 0 bridgehead atoms. The van der Waals surface area contributed by atoms with Crippen LogP contribution in [0.15, 0.2) is 24.3 Å².